The number of carbonyl (C=O) groups is 1. The van der Waals surface area contributed by atoms with Crippen molar-refractivity contribution in [3.05, 3.63) is 33.7 Å². The fourth-order valence-electron chi connectivity index (χ4n) is 2.24. The van der Waals surface area contributed by atoms with Crippen molar-refractivity contribution in [2.45, 2.75) is 37.4 Å². The minimum atomic E-state index is -0.0226. The van der Waals surface area contributed by atoms with Crippen LogP contribution in [0.3, 0.4) is 0 Å². The minimum Gasteiger partial charge on any atom is -0.325 e. The number of hydrogen-bond donors (Lipinski definition) is 1. The number of carbonyl (C=O) groups excluding carboxylic acids is 1. The van der Waals surface area contributed by atoms with E-state index in [1.165, 1.54) is 24.6 Å². The zero-order chi connectivity index (χ0) is 15.5. The summed E-state index contributed by atoms with van der Waals surface area (Å²) < 4.78 is 3.23. The van der Waals surface area contributed by atoms with Gasteiger partial charge in [0, 0.05) is 21.7 Å². The average Bonchev–Trinajstić information content (AvgIpc) is 3.25. The second-order valence-electron chi connectivity index (χ2n) is 5.21. The molecule has 1 saturated carbocycles. The van der Waals surface area contributed by atoms with Crippen LogP contribution >= 0.6 is 34.4 Å². The molecule has 0 atom stereocenters. The molecule has 1 aromatic carbocycles. The predicted molar refractivity (Wildman–Crippen MR) is 96.2 cm³/mol. The van der Waals surface area contributed by atoms with Crippen LogP contribution in [-0.2, 0) is 11.3 Å². The highest BCUT2D eigenvalue weighted by atomic mass is 127. The molecule has 22 heavy (non-hydrogen) atoms. The van der Waals surface area contributed by atoms with Gasteiger partial charge < -0.3 is 9.88 Å². The van der Waals surface area contributed by atoms with E-state index in [0.29, 0.717) is 11.7 Å². The van der Waals surface area contributed by atoms with Gasteiger partial charge in [-0.05, 0) is 60.6 Å². The molecule has 2 aromatic rings. The van der Waals surface area contributed by atoms with Crippen LogP contribution in [0.2, 0.25) is 0 Å². The Labute approximate surface area is 147 Å². The van der Waals surface area contributed by atoms with Gasteiger partial charge in [-0.25, -0.2) is 0 Å². The number of nitrogens with zero attached hydrogens (tertiary/aromatic N) is 3. The highest BCUT2D eigenvalue weighted by molar-refractivity contribution is 14.1. The number of thioether (sulfide) groups is 1. The van der Waals surface area contributed by atoms with Gasteiger partial charge in [0.05, 0.1) is 5.75 Å². The topological polar surface area (TPSA) is 59.8 Å². The molecule has 1 aromatic heterocycles. The van der Waals surface area contributed by atoms with Crippen molar-refractivity contribution in [1.82, 2.24) is 14.8 Å². The third kappa shape index (κ3) is 3.81. The van der Waals surface area contributed by atoms with Crippen LogP contribution in [0.5, 0.6) is 0 Å². The Morgan fingerprint density at radius 1 is 1.45 bits per heavy atom. The second-order valence-corrected chi connectivity index (χ2v) is 7.39. The molecule has 0 saturated heterocycles. The SMILES string of the molecule is CCn1c(SCC(=O)Nc2cccc(I)c2)nnc1C1CC1. The minimum absolute atomic E-state index is 0.0226. The van der Waals surface area contributed by atoms with Gasteiger partial charge in [0.25, 0.3) is 0 Å². The Kier molecular flexibility index (Phi) is 5.02. The first-order valence-electron chi connectivity index (χ1n) is 7.28. The quantitative estimate of drug-likeness (QED) is 0.565. The number of nitrogens with one attached hydrogen (secondary N) is 1. The molecule has 1 aliphatic carbocycles. The molecule has 1 amide bonds. The molecule has 116 valence electrons. The van der Waals surface area contributed by atoms with Crippen molar-refractivity contribution in [3.8, 4) is 0 Å². The number of halogens is 1. The normalized spacial score (nSPS) is 14.1. The number of rotatable bonds is 6. The van der Waals surface area contributed by atoms with Gasteiger partial charge in [-0.15, -0.1) is 10.2 Å². The summed E-state index contributed by atoms with van der Waals surface area (Å²) in [4.78, 5) is 12.1. The average molecular weight is 428 g/mol. The lowest BCUT2D eigenvalue weighted by Crippen LogP contribution is -2.14. The molecule has 1 N–H and O–H groups in total. The van der Waals surface area contributed by atoms with Gasteiger partial charge in [-0.3, -0.25) is 4.79 Å². The van der Waals surface area contributed by atoms with Gasteiger partial charge in [0.2, 0.25) is 5.91 Å². The van der Waals surface area contributed by atoms with Gasteiger partial charge in [0.1, 0.15) is 5.82 Å². The van der Waals surface area contributed by atoms with E-state index in [1.54, 1.807) is 0 Å². The van der Waals surface area contributed by atoms with Crippen LogP contribution in [0.25, 0.3) is 0 Å². The third-order valence-electron chi connectivity index (χ3n) is 3.44. The van der Waals surface area contributed by atoms with E-state index in [-0.39, 0.29) is 5.91 Å². The summed E-state index contributed by atoms with van der Waals surface area (Å²) in [6.07, 6.45) is 2.41. The fraction of sp³-hybridized carbons (Fsp3) is 0.400. The zero-order valence-corrected chi connectivity index (χ0v) is 15.2. The van der Waals surface area contributed by atoms with Crippen molar-refractivity contribution >= 4 is 45.9 Å². The lowest BCUT2D eigenvalue weighted by molar-refractivity contribution is -0.113. The first-order chi connectivity index (χ1) is 10.7. The molecule has 0 bridgehead atoms. The summed E-state index contributed by atoms with van der Waals surface area (Å²) in [5.41, 5.74) is 0.827. The Morgan fingerprint density at radius 3 is 2.95 bits per heavy atom. The van der Waals surface area contributed by atoms with E-state index in [2.05, 4.69) is 49.6 Å². The molecular weight excluding hydrogens is 411 g/mol. The lowest BCUT2D eigenvalue weighted by atomic mass is 10.3. The third-order valence-corrected chi connectivity index (χ3v) is 5.08. The van der Waals surface area contributed by atoms with E-state index < -0.39 is 0 Å². The molecule has 1 fully saturated rings. The summed E-state index contributed by atoms with van der Waals surface area (Å²) in [7, 11) is 0. The lowest BCUT2D eigenvalue weighted by Gasteiger charge is -2.07. The van der Waals surface area contributed by atoms with Crippen LogP contribution in [0.15, 0.2) is 29.4 Å². The number of amides is 1. The van der Waals surface area contributed by atoms with Crippen molar-refractivity contribution in [3.63, 3.8) is 0 Å². The summed E-state index contributed by atoms with van der Waals surface area (Å²) in [5.74, 6) is 1.96. The molecule has 1 aliphatic rings. The zero-order valence-electron chi connectivity index (χ0n) is 12.3. The maximum atomic E-state index is 12.1. The predicted octanol–water partition coefficient (Wildman–Crippen LogP) is 3.51. The molecule has 0 unspecified atom stereocenters. The van der Waals surface area contributed by atoms with Crippen LogP contribution < -0.4 is 5.32 Å². The van der Waals surface area contributed by atoms with Crippen LogP contribution in [-0.4, -0.2) is 26.4 Å². The smallest absolute Gasteiger partial charge is 0.234 e. The molecule has 0 aliphatic heterocycles. The highest BCUT2D eigenvalue weighted by Crippen LogP contribution is 2.39. The van der Waals surface area contributed by atoms with Crippen LogP contribution in [0.1, 0.15) is 31.5 Å². The Hall–Kier alpha value is -1.09. The molecule has 5 nitrogen and oxygen atoms in total. The Morgan fingerprint density at radius 2 is 2.27 bits per heavy atom. The van der Waals surface area contributed by atoms with Crippen molar-refractivity contribution < 1.29 is 4.79 Å². The van der Waals surface area contributed by atoms with Gasteiger partial charge in [0.15, 0.2) is 5.16 Å². The van der Waals surface area contributed by atoms with Crippen LogP contribution in [0, 0.1) is 3.57 Å². The van der Waals surface area contributed by atoms with Crippen molar-refractivity contribution in [1.29, 1.82) is 0 Å². The Bertz CT molecular complexity index is 684. The van der Waals surface area contributed by atoms with Gasteiger partial charge >= 0.3 is 0 Å². The summed E-state index contributed by atoms with van der Waals surface area (Å²) >= 11 is 3.67. The molecule has 0 radical (unpaired) electrons. The largest absolute Gasteiger partial charge is 0.325 e. The van der Waals surface area contributed by atoms with E-state index in [1.807, 2.05) is 24.3 Å². The monoisotopic (exact) mass is 428 g/mol. The van der Waals surface area contributed by atoms with Crippen molar-refractivity contribution in [2.24, 2.45) is 0 Å². The molecule has 1 heterocycles. The van der Waals surface area contributed by atoms with Gasteiger partial charge in [-0.2, -0.15) is 0 Å². The van der Waals surface area contributed by atoms with E-state index >= 15 is 0 Å². The summed E-state index contributed by atoms with van der Waals surface area (Å²) in [6.45, 7) is 2.94. The summed E-state index contributed by atoms with van der Waals surface area (Å²) in [6, 6.07) is 7.77. The fourth-order valence-corrected chi connectivity index (χ4v) is 3.59. The van der Waals surface area contributed by atoms with Crippen molar-refractivity contribution in [2.75, 3.05) is 11.1 Å². The molecular formula is C15H17IN4OS. The second kappa shape index (κ2) is 6.99. The Balaban J connectivity index is 1.59. The molecule has 0 spiro atoms. The maximum absolute atomic E-state index is 12.1. The molecule has 3 rings (SSSR count). The number of aromatic nitrogens is 3. The van der Waals surface area contributed by atoms with Crippen LogP contribution in [0.4, 0.5) is 5.69 Å². The standard InChI is InChI=1S/C15H17IN4OS/c1-2-20-14(10-6-7-10)18-19-15(20)22-9-13(21)17-12-5-3-4-11(16)8-12/h3-5,8,10H,2,6-7,9H2,1H3,(H,17,21). The maximum Gasteiger partial charge on any atom is 0.234 e. The molecule has 7 heteroatoms. The number of benzene rings is 1. The highest BCUT2D eigenvalue weighted by Gasteiger charge is 2.30. The van der Waals surface area contributed by atoms with E-state index in [9.17, 15) is 4.79 Å². The first-order valence-corrected chi connectivity index (χ1v) is 9.35. The number of anilines is 1. The first kappa shape index (κ1) is 15.8. The van der Waals surface area contributed by atoms with E-state index in [0.717, 1.165) is 26.8 Å². The van der Waals surface area contributed by atoms with E-state index in [4.69, 9.17) is 0 Å². The summed E-state index contributed by atoms with van der Waals surface area (Å²) in [5, 5.41) is 12.3. The number of hydrogen-bond acceptors (Lipinski definition) is 4. The van der Waals surface area contributed by atoms with Gasteiger partial charge in [-0.1, -0.05) is 17.8 Å².